The summed E-state index contributed by atoms with van der Waals surface area (Å²) in [6.07, 6.45) is 3.24. The summed E-state index contributed by atoms with van der Waals surface area (Å²) in [5.41, 5.74) is 5.23. The van der Waals surface area contributed by atoms with Crippen molar-refractivity contribution >= 4 is 17.6 Å². The molecule has 0 saturated heterocycles. The standard InChI is InChI=1S/C18H26FN3O2/c1-10(2)13-6-4-11(3)8-16(13)22-18(24)21-12-5-7-15(19)14(9-12)17(20)23/h5,7,9-11,13,16H,4,6,8H2,1-3H3,(H2,20,23)(H2,21,22,24). The number of nitrogens with one attached hydrogen (secondary N) is 2. The van der Waals surface area contributed by atoms with Crippen molar-refractivity contribution in [3.05, 3.63) is 29.6 Å². The van der Waals surface area contributed by atoms with Crippen LogP contribution >= 0.6 is 0 Å². The third-order valence-electron chi connectivity index (χ3n) is 4.83. The summed E-state index contributed by atoms with van der Waals surface area (Å²) in [6, 6.07) is 3.55. The topological polar surface area (TPSA) is 84.2 Å². The highest BCUT2D eigenvalue weighted by molar-refractivity contribution is 5.96. The molecule has 4 N–H and O–H groups in total. The van der Waals surface area contributed by atoms with Gasteiger partial charge in [-0.2, -0.15) is 0 Å². The van der Waals surface area contributed by atoms with Crippen molar-refractivity contribution in [2.24, 2.45) is 23.5 Å². The van der Waals surface area contributed by atoms with Crippen LogP contribution < -0.4 is 16.4 Å². The number of primary amides is 1. The van der Waals surface area contributed by atoms with E-state index < -0.39 is 11.7 Å². The number of carbonyl (C=O) groups is 2. The lowest BCUT2D eigenvalue weighted by Crippen LogP contribution is -2.47. The van der Waals surface area contributed by atoms with E-state index in [1.807, 2.05) is 0 Å². The number of hydrogen-bond acceptors (Lipinski definition) is 2. The van der Waals surface area contributed by atoms with Crippen molar-refractivity contribution < 1.29 is 14.0 Å². The number of anilines is 1. The van der Waals surface area contributed by atoms with Gasteiger partial charge in [0.25, 0.3) is 5.91 Å². The van der Waals surface area contributed by atoms with E-state index in [1.54, 1.807) is 0 Å². The van der Waals surface area contributed by atoms with Gasteiger partial charge in [-0.15, -0.1) is 0 Å². The van der Waals surface area contributed by atoms with E-state index in [-0.39, 0.29) is 17.6 Å². The molecule has 0 heterocycles. The molecule has 5 nitrogen and oxygen atoms in total. The molecule has 0 aromatic heterocycles. The number of rotatable bonds is 4. The first-order valence-corrected chi connectivity index (χ1v) is 8.44. The number of hydrogen-bond donors (Lipinski definition) is 3. The van der Waals surface area contributed by atoms with Gasteiger partial charge >= 0.3 is 6.03 Å². The number of benzene rings is 1. The fourth-order valence-corrected chi connectivity index (χ4v) is 3.50. The first-order valence-electron chi connectivity index (χ1n) is 8.44. The highest BCUT2D eigenvalue weighted by atomic mass is 19.1. The zero-order valence-electron chi connectivity index (χ0n) is 14.4. The lowest BCUT2D eigenvalue weighted by atomic mass is 9.74. The minimum Gasteiger partial charge on any atom is -0.366 e. The minimum absolute atomic E-state index is 0.116. The molecule has 1 aromatic carbocycles. The molecular formula is C18H26FN3O2. The lowest BCUT2D eigenvalue weighted by Gasteiger charge is -2.37. The third-order valence-corrected chi connectivity index (χ3v) is 4.83. The smallest absolute Gasteiger partial charge is 0.319 e. The van der Waals surface area contributed by atoms with Crippen molar-refractivity contribution in [1.29, 1.82) is 0 Å². The molecule has 24 heavy (non-hydrogen) atoms. The Kier molecular flexibility index (Phi) is 5.80. The lowest BCUT2D eigenvalue weighted by molar-refractivity contribution is 0.0996. The molecule has 1 aromatic rings. The van der Waals surface area contributed by atoms with E-state index in [0.717, 1.165) is 18.9 Å². The fraction of sp³-hybridized carbons (Fsp3) is 0.556. The predicted molar refractivity (Wildman–Crippen MR) is 92.2 cm³/mol. The molecule has 2 rings (SSSR count). The van der Waals surface area contributed by atoms with Gasteiger partial charge < -0.3 is 16.4 Å². The van der Waals surface area contributed by atoms with E-state index in [2.05, 4.69) is 31.4 Å². The van der Waals surface area contributed by atoms with Crippen molar-refractivity contribution in [3.63, 3.8) is 0 Å². The third kappa shape index (κ3) is 4.46. The average Bonchev–Trinajstić information content (AvgIpc) is 2.48. The Morgan fingerprint density at radius 1 is 1.29 bits per heavy atom. The van der Waals surface area contributed by atoms with Gasteiger partial charge in [0.05, 0.1) is 5.56 Å². The molecule has 0 aliphatic heterocycles. The molecule has 3 atom stereocenters. The maximum absolute atomic E-state index is 13.5. The second kappa shape index (κ2) is 7.64. The molecule has 0 radical (unpaired) electrons. The second-order valence-electron chi connectivity index (χ2n) is 7.09. The van der Waals surface area contributed by atoms with Crippen LogP contribution in [-0.4, -0.2) is 18.0 Å². The van der Waals surface area contributed by atoms with Crippen molar-refractivity contribution in [2.75, 3.05) is 5.32 Å². The molecule has 1 fully saturated rings. The molecular weight excluding hydrogens is 309 g/mol. The number of carbonyl (C=O) groups excluding carboxylic acids is 2. The second-order valence-corrected chi connectivity index (χ2v) is 7.09. The van der Waals surface area contributed by atoms with Crippen LogP contribution in [0.3, 0.4) is 0 Å². The summed E-state index contributed by atoms with van der Waals surface area (Å²) in [6.45, 7) is 6.54. The van der Waals surface area contributed by atoms with Gasteiger partial charge in [0.2, 0.25) is 0 Å². The summed E-state index contributed by atoms with van der Waals surface area (Å²) < 4.78 is 13.5. The Hall–Kier alpha value is -2.11. The van der Waals surface area contributed by atoms with Gasteiger partial charge in [0.1, 0.15) is 5.82 Å². The normalized spacial score (nSPS) is 23.8. The maximum Gasteiger partial charge on any atom is 0.319 e. The van der Waals surface area contributed by atoms with E-state index in [4.69, 9.17) is 5.73 Å². The highest BCUT2D eigenvalue weighted by Gasteiger charge is 2.31. The zero-order valence-corrected chi connectivity index (χ0v) is 14.4. The monoisotopic (exact) mass is 335 g/mol. The molecule has 0 spiro atoms. The van der Waals surface area contributed by atoms with Gasteiger partial charge in [-0.1, -0.05) is 27.2 Å². The molecule has 1 aliphatic rings. The summed E-state index contributed by atoms with van der Waals surface area (Å²) in [5, 5.41) is 5.69. The number of urea groups is 1. The van der Waals surface area contributed by atoms with Crippen LogP contribution in [0.2, 0.25) is 0 Å². The largest absolute Gasteiger partial charge is 0.366 e. The minimum atomic E-state index is -0.863. The number of halogens is 1. The van der Waals surface area contributed by atoms with Crippen LogP contribution in [0.1, 0.15) is 50.4 Å². The Balaban J connectivity index is 2.04. The van der Waals surface area contributed by atoms with Gasteiger partial charge in [-0.3, -0.25) is 4.79 Å². The van der Waals surface area contributed by atoms with Crippen LogP contribution in [0.4, 0.5) is 14.9 Å². The van der Waals surface area contributed by atoms with Gasteiger partial charge in [-0.05, 0) is 48.8 Å². The summed E-state index contributed by atoms with van der Waals surface area (Å²) >= 11 is 0. The Morgan fingerprint density at radius 3 is 2.62 bits per heavy atom. The Morgan fingerprint density at radius 2 is 2.00 bits per heavy atom. The van der Waals surface area contributed by atoms with Crippen LogP contribution in [0.25, 0.3) is 0 Å². The van der Waals surface area contributed by atoms with Crippen molar-refractivity contribution in [1.82, 2.24) is 5.32 Å². The van der Waals surface area contributed by atoms with Crippen molar-refractivity contribution in [3.8, 4) is 0 Å². The number of nitrogens with two attached hydrogens (primary N) is 1. The highest BCUT2D eigenvalue weighted by Crippen LogP contribution is 2.33. The quantitative estimate of drug-likeness (QED) is 0.786. The van der Waals surface area contributed by atoms with Gasteiger partial charge in [-0.25, -0.2) is 9.18 Å². The van der Waals surface area contributed by atoms with E-state index >= 15 is 0 Å². The zero-order chi connectivity index (χ0) is 17.9. The SMILES string of the molecule is CC1CCC(C(C)C)C(NC(=O)Nc2ccc(F)c(C(N)=O)c2)C1. The summed E-state index contributed by atoms with van der Waals surface area (Å²) in [5.74, 6) is -0.0408. The summed E-state index contributed by atoms with van der Waals surface area (Å²) in [4.78, 5) is 23.5. The molecule has 6 heteroatoms. The molecule has 1 saturated carbocycles. The Labute approximate surface area is 142 Å². The molecule has 3 amide bonds. The first kappa shape index (κ1) is 18.2. The predicted octanol–water partition coefficient (Wildman–Crippen LogP) is 3.51. The summed E-state index contributed by atoms with van der Waals surface area (Å²) in [7, 11) is 0. The fourth-order valence-electron chi connectivity index (χ4n) is 3.50. The van der Waals surface area contributed by atoms with E-state index in [1.165, 1.54) is 18.6 Å². The van der Waals surface area contributed by atoms with Gasteiger partial charge in [0, 0.05) is 11.7 Å². The molecule has 132 valence electrons. The van der Waals surface area contributed by atoms with Crippen LogP contribution in [0, 0.1) is 23.6 Å². The van der Waals surface area contributed by atoms with Crippen LogP contribution in [0.5, 0.6) is 0 Å². The first-order chi connectivity index (χ1) is 11.3. The Bertz CT molecular complexity index is 618. The maximum atomic E-state index is 13.5. The number of amides is 3. The average molecular weight is 335 g/mol. The van der Waals surface area contributed by atoms with Crippen LogP contribution in [-0.2, 0) is 0 Å². The van der Waals surface area contributed by atoms with Gasteiger partial charge in [0.15, 0.2) is 0 Å². The molecule has 1 aliphatic carbocycles. The van der Waals surface area contributed by atoms with Crippen LogP contribution in [0.15, 0.2) is 18.2 Å². The van der Waals surface area contributed by atoms with E-state index in [9.17, 15) is 14.0 Å². The van der Waals surface area contributed by atoms with Crippen molar-refractivity contribution in [2.45, 2.75) is 46.1 Å². The molecule has 3 unspecified atom stereocenters. The van der Waals surface area contributed by atoms with E-state index in [0.29, 0.717) is 23.4 Å². The molecule has 0 bridgehead atoms.